The van der Waals surface area contributed by atoms with Gasteiger partial charge in [-0.3, -0.25) is 4.79 Å². The molecular formula is C14H20N2OS. The normalized spacial score (nSPS) is 14.5. The van der Waals surface area contributed by atoms with Gasteiger partial charge in [-0.05, 0) is 44.2 Å². The number of thioether (sulfide) groups is 1. The molecule has 4 heteroatoms. The van der Waals surface area contributed by atoms with Crippen LogP contribution in [-0.4, -0.2) is 31.8 Å². The van der Waals surface area contributed by atoms with Gasteiger partial charge in [0.05, 0.1) is 5.69 Å². The lowest BCUT2D eigenvalue weighted by molar-refractivity contribution is -0.118. The Morgan fingerprint density at radius 2 is 2.11 bits per heavy atom. The number of amides is 1. The summed E-state index contributed by atoms with van der Waals surface area (Å²) >= 11 is 1.85. The second-order valence-electron chi connectivity index (χ2n) is 4.65. The van der Waals surface area contributed by atoms with Crippen LogP contribution in [0.1, 0.15) is 17.5 Å². The quantitative estimate of drug-likeness (QED) is 0.909. The summed E-state index contributed by atoms with van der Waals surface area (Å²) in [5.41, 5.74) is 3.64. The highest BCUT2D eigenvalue weighted by Crippen LogP contribution is 2.36. The molecule has 0 bridgehead atoms. The molecule has 1 aliphatic heterocycles. The molecule has 1 aromatic rings. The largest absolute Gasteiger partial charge is 0.319 e. The second-order valence-corrected chi connectivity index (χ2v) is 5.79. The van der Waals surface area contributed by atoms with Crippen molar-refractivity contribution in [2.75, 3.05) is 30.8 Å². The van der Waals surface area contributed by atoms with Crippen molar-refractivity contribution < 1.29 is 4.79 Å². The van der Waals surface area contributed by atoms with E-state index in [1.54, 1.807) is 0 Å². The van der Waals surface area contributed by atoms with Gasteiger partial charge >= 0.3 is 0 Å². The second kappa shape index (κ2) is 5.76. The molecular weight excluding hydrogens is 244 g/mol. The number of nitrogens with zero attached hydrogens (tertiary/aromatic N) is 1. The maximum absolute atomic E-state index is 12.2. The molecule has 1 aliphatic rings. The molecule has 0 spiro atoms. The van der Waals surface area contributed by atoms with Gasteiger partial charge in [-0.15, -0.1) is 11.8 Å². The van der Waals surface area contributed by atoms with Crippen LogP contribution >= 0.6 is 11.8 Å². The van der Waals surface area contributed by atoms with Gasteiger partial charge in [-0.25, -0.2) is 0 Å². The number of hydrogen-bond donors (Lipinski definition) is 1. The minimum absolute atomic E-state index is 0.217. The van der Waals surface area contributed by atoms with Crippen LogP contribution in [0.4, 0.5) is 5.69 Å². The van der Waals surface area contributed by atoms with Gasteiger partial charge in [0, 0.05) is 30.2 Å². The van der Waals surface area contributed by atoms with Gasteiger partial charge < -0.3 is 10.2 Å². The van der Waals surface area contributed by atoms with Crippen molar-refractivity contribution in [3.63, 3.8) is 0 Å². The highest BCUT2D eigenvalue weighted by Gasteiger charge is 2.23. The van der Waals surface area contributed by atoms with E-state index in [0.717, 1.165) is 24.5 Å². The van der Waals surface area contributed by atoms with E-state index in [9.17, 15) is 4.79 Å². The lowest BCUT2D eigenvalue weighted by Gasteiger charge is -2.30. The van der Waals surface area contributed by atoms with Gasteiger partial charge in [0.2, 0.25) is 5.91 Å². The zero-order valence-corrected chi connectivity index (χ0v) is 12.1. The monoisotopic (exact) mass is 264 g/mol. The van der Waals surface area contributed by atoms with Crippen molar-refractivity contribution in [3.05, 3.63) is 23.3 Å². The summed E-state index contributed by atoms with van der Waals surface area (Å²) in [7, 11) is 1.88. The highest BCUT2D eigenvalue weighted by molar-refractivity contribution is 7.99. The van der Waals surface area contributed by atoms with Gasteiger partial charge in [0.25, 0.3) is 0 Å². The van der Waals surface area contributed by atoms with Crippen LogP contribution in [0.3, 0.4) is 0 Å². The van der Waals surface area contributed by atoms with Crippen LogP contribution in [-0.2, 0) is 4.79 Å². The van der Waals surface area contributed by atoms with E-state index in [-0.39, 0.29) is 5.91 Å². The zero-order chi connectivity index (χ0) is 13.1. The van der Waals surface area contributed by atoms with Gasteiger partial charge in [0.1, 0.15) is 0 Å². The molecule has 0 atom stereocenters. The summed E-state index contributed by atoms with van der Waals surface area (Å²) in [5.74, 6) is 1.20. The Morgan fingerprint density at radius 3 is 2.83 bits per heavy atom. The number of anilines is 1. The minimum Gasteiger partial charge on any atom is -0.319 e. The lowest BCUT2D eigenvalue weighted by Crippen LogP contribution is -2.36. The smallest absolute Gasteiger partial charge is 0.228 e. The molecule has 1 N–H and O–H groups in total. The standard InChI is InChI=1S/C14H20N2OS/c1-10-8-12-13(9-11(10)2)18-7-6-16(12)14(17)4-5-15-3/h8-9,15H,4-7H2,1-3H3. The maximum atomic E-state index is 12.2. The Labute approximate surface area is 113 Å². The summed E-state index contributed by atoms with van der Waals surface area (Å²) in [6.45, 7) is 5.79. The van der Waals surface area contributed by atoms with E-state index in [4.69, 9.17) is 0 Å². The predicted octanol–water partition coefficient (Wildman–Crippen LogP) is 2.35. The number of fused-ring (bicyclic) bond motifs is 1. The number of hydrogen-bond acceptors (Lipinski definition) is 3. The van der Waals surface area contributed by atoms with E-state index in [1.807, 2.05) is 23.7 Å². The first-order valence-electron chi connectivity index (χ1n) is 6.32. The number of nitrogens with one attached hydrogen (secondary N) is 1. The predicted molar refractivity (Wildman–Crippen MR) is 77.5 cm³/mol. The first-order valence-corrected chi connectivity index (χ1v) is 7.31. The van der Waals surface area contributed by atoms with Crippen LogP contribution in [0.25, 0.3) is 0 Å². The number of benzene rings is 1. The molecule has 0 aromatic heterocycles. The fourth-order valence-electron chi connectivity index (χ4n) is 2.09. The SMILES string of the molecule is CNCCC(=O)N1CCSc2cc(C)c(C)cc21. The first-order chi connectivity index (χ1) is 8.63. The van der Waals surface area contributed by atoms with Crippen molar-refractivity contribution in [1.29, 1.82) is 0 Å². The first kappa shape index (κ1) is 13.4. The third-order valence-corrected chi connectivity index (χ3v) is 4.35. The van der Waals surface area contributed by atoms with Gasteiger partial charge in [-0.2, -0.15) is 0 Å². The summed E-state index contributed by atoms with van der Waals surface area (Å²) in [6.07, 6.45) is 0.563. The molecule has 0 saturated heterocycles. The van der Waals surface area contributed by atoms with E-state index in [0.29, 0.717) is 6.42 Å². The molecule has 1 aromatic carbocycles. The fourth-order valence-corrected chi connectivity index (χ4v) is 3.17. The molecule has 0 unspecified atom stereocenters. The van der Waals surface area contributed by atoms with Crippen LogP contribution in [0, 0.1) is 13.8 Å². The van der Waals surface area contributed by atoms with Crippen molar-refractivity contribution in [2.24, 2.45) is 0 Å². The topological polar surface area (TPSA) is 32.3 Å². The van der Waals surface area contributed by atoms with Crippen LogP contribution < -0.4 is 10.2 Å². The maximum Gasteiger partial charge on any atom is 0.228 e. The van der Waals surface area contributed by atoms with Gasteiger partial charge in [0.15, 0.2) is 0 Å². The van der Waals surface area contributed by atoms with E-state index >= 15 is 0 Å². The zero-order valence-electron chi connectivity index (χ0n) is 11.2. The van der Waals surface area contributed by atoms with E-state index in [2.05, 4.69) is 31.3 Å². The Morgan fingerprint density at radius 1 is 1.39 bits per heavy atom. The van der Waals surface area contributed by atoms with Crippen molar-refractivity contribution in [2.45, 2.75) is 25.2 Å². The molecule has 18 heavy (non-hydrogen) atoms. The Kier molecular flexibility index (Phi) is 4.30. The minimum atomic E-state index is 0.217. The Hall–Kier alpha value is -1.00. The average Bonchev–Trinajstić information content (AvgIpc) is 2.36. The molecule has 0 radical (unpaired) electrons. The van der Waals surface area contributed by atoms with Crippen molar-refractivity contribution in [3.8, 4) is 0 Å². The third kappa shape index (κ3) is 2.70. The van der Waals surface area contributed by atoms with E-state index < -0.39 is 0 Å². The highest BCUT2D eigenvalue weighted by atomic mass is 32.2. The number of aryl methyl sites for hydroxylation is 2. The lowest BCUT2D eigenvalue weighted by atomic mass is 10.1. The Bertz CT molecular complexity index is 459. The third-order valence-electron chi connectivity index (χ3n) is 3.33. The van der Waals surface area contributed by atoms with Crippen LogP contribution in [0.5, 0.6) is 0 Å². The molecule has 0 aliphatic carbocycles. The molecule has 98 valence electrons. The average molecular weight is 264 g/mol. The van der Waals surface area contributed by atoms with E-state index in [1.165, 1.54) is 16.0 Å². The van der Waals surface area contributed by atoms with Gasteiger partial charge in [-0.1, -0.05) is 0 Å². The molecule has 1 heterocycles. The number of rotatable bonds is 3. The van der Waals surface area contributed by atoms with Crippen molar-refractivity contribution >= 4 is 23.4 Å². The van der Waals surface area contributed by atoms with Crippen LogP contribution in [0.2, 0.25) is 0 Å². The summed E-state index contributed by atoms with van der Waals surface area (Å²) in [6, 6.07) is 4.35. The fraction of sp³-hybridized carbons (Fsp3) is 0.500. The molecule has 0 saturated carbocycles. The summed E-state index contributed by atoms with van der Waals surface area (Å²) < 4.78 is 0. The molecule has 1 amide bonds. The Balaban J connectivity index is 2.27. The summed E-state index contributed by atoms with van der Waals surface area (Å²) in [5, 5.41) is 3.03. The number of carbonyl (C=O) groups is 1. The summed E-state index contributed by atoms with van der Waals surface area (Å²) in [4.78, 5) is 15.4. The van der Waals surface area contributed by atoms with Crippen molar-refractivity contribution in [1.82, 2.24) is 5.32 Å². The molecule has 3 nitrogen and oxygen atoms in total. The number of carbonyl (C=O) groups excluding carboxylic acids is 1. The van der Waals surface area contributed by atoms with Crippen LogP contribution in [0.15, 0.2) is 17.0 Å². The molecule has 0 fully saturated rings. The molecule has 2 rings (SSSR count).